The molecule has 7 heteroatoms. The van der Waals surface area contributed by atoms with Crippen LogP contribution in [-0.2, 0) is 5.41 Å². The summed E-state index contributed by atoms with van der Waals surface area (Å²) in [5.41, 5.74) is 0.931. The number of hydrogen-bond acceptors (Lipinski definition) is 4. The Morgan fingerprint density at radius 1 is 1.13 bits per heavy atom. The van der Waals surface area contributed by atoms with Crippen molar-refractivity contribution in [3.05, 3.63) is 81.5 Å². The molecular formula is C23H24FN3O3. The lowest BCUT2D eigenvalue weighted by atomic mass is 9.87. The zero-order valence-corrected chi connectivity index (χ0v) is 17.6. The molecule has 156 valence electrons. The molecule has 1 N–H and O–H groups in total. The highest BCUT2D eigenvalue weighted by molar-refractivity contribution is 6.03. The maximum absolute atomic E-state index is 14.2. The van der Waals surface area contributed by atoms with Gasteiger partial charge in [0.05, 0.1) is 12.8 Å². The van der Waals surface area contributed by atoms with Gasteiger partial charge in [-0.3, -0.25) is 9.59 Å². The molecule has 0 aliphatic heterocycles. The van der Waals surface area contributed by atoms with Gasteiger partial charge in [0.15, 0.2) is 5.69 Å². The van der Waals surface area contributed by atoms with Gasteiger partial charge in [-0.1, -0.05) is 39.0 Å². The van der Waals surface area contributed by atoms with E-state index in [-0.39, 0.29) is 16.8 Å². The first-order chi connectivity index (χ1) is 14.1. The Labute approximate surface area is 174 Å². The van der Waals surface area contributed by atoms with Gasteiger partial charge in [0, 0.05) is 11.8 Å². The van der Waals surface area contributed by atoms with E-state index >= 15 is 0 Å². The van der Waals surface area contributed by atoms with Gasteiger partial charge in [-0.05, 0) is 42.2 Å². The molecular weight excluding hydrogens is 385 g/mol. The van der Waals surface area contributed by atoms with E-state index in [0.29, 0.717) is 17.1 Å². The Kier molecular flexibility index (Phi) is 5.73. The van der Waals surface area contributed by atoms with Gasteiger partial charge in [-0.2, -0.15) is 5.10 Å². The summed E-state index contributed by atoms with van der Waals surface area (Å²) in [4.78, 5) is 25.4. The molecule has 0 bridgehead atoms. The average Bonchev–Trinajstić information content (AvgIpc) is 2.68. The number of amides is 1. The molecule has 0 saturated heterocycles. The van der Waals surface area contributed by atoms with Crippen LogP contribution in [0.15, 0.2) is 53.3 Å². The fourth-order valence-corrected chi connectivity index (χ4v) is 3.03. The van der Waals surface area contributed by atoms with E-state index in [1.807, 2.05) is 6.07 Å². The molecule has 30 heavy (non-hydrogen) atoms. The molecule has 0 atom stereocenters. The van der Waals surface area contributed by atoms with E-state index in [1.54, 1.807) is 31.2 Å². The molecule has 0 fully saturated rings. The van der Waals surface area contributed by atoms with Crippen LogP contribution >= 0.6 is 0 Å². The molecule has 0 saturated carbocycles. The van der Waals surface area contributed by atoms with E-state index in [4.69, 9.17) is 4.74 Å². The van der Waals surface area contributed by atoms with Gasteiger partial charge in [0.2, 0.25) is 5.43 Å². The molecule has 2 aromatic carbocycles. The molecule has 0 radical (unpaired) electrons. The second-order valence-corrected chi connectivity index (χ2v) is 7.98. The Morgan fingerprint density at radius 2 is 1.83 bits per heavy atom. The summed E-state index contributed by atoms with van der Waals surface area (Å²) in [5, 5.41) is 6.85. The highest BCUT2D eigenvalue weighted by Crippen LogP contribution is 2.31. The minimum absolute atomic E-state index is 0.147. The number of ether oxygens (including phenoxy) is 1. The van der Waals surface area contributed by atoms with Gasteiger partial charge in [0.25, 0.3) is 5.91 Å². The van der Waals surface area contributed by atoms with Gasteiger partial charge in [-0.15, -0.1) is 0 Å². The number of aromatic nitrogens is 2. The quantitative estimate of drug-likeness (QED) is 0.700. The Morgan fingerprint density at radius 3 is 2.47 bits per heavy atom. The van der Waals surface area contributed by atoms with Crippen molar-refractivity contribution in [1.29, 1.82) is 0 Å². The molecule has 3 rings (SSSR count). The number of aryl methyl sites for hydroxylation is 1. The SMILES string of the molecule is COc1ccc(C(C)(C)C)cc1NC(=O)c1nn(-c2ccccc2F)c(C)cc1=O. The van der Waals surface area contributed by atoms with E-state index in [0.717, 1.165) is 5.56 Å². The molecule has 1 aromatic heterocycles. The number of anilines is 1. The number of carbonyl (C=O) groups is 1. The predicted molar refractivity (Wildman–Crippen MR) is 114 cm³/mol. The van der Waals surface area contributed by atoms with Crippen molar-refractivity contribution < 1.29 is 13.9 Å². The van der Waals surface area contributed by atoms with E-state index in [2.05, 4.69) is 31.2 Å². The minimum atomic E-state index is -0.700. The molecule has 0 aliphatic rings. The van der Waals surface area contributed by atoms with Crippen molar-refractivity contribution >= 4 is 11.6 Å². The summed E-state index contributed by atoms with van der Waals surface area (Å²) in [6, 6.07) is 12.8. The van der Waals surface area contributed by atoms with Gasteiger partial charge in [-0.25, -0.2) is 9.07 Å². The zero-order chi connectivity index (χ0) is 22.1. The first-order valence-electron chi connectivity index (χ1n) is 9.47. The van der Waals surface area contributed by atoms with Crippen LogP contribution in [0.3, 0.4) is 0 Å². The second kappa shape index (κ2) is 8.10. The van der Waals surface area contributed by atoms with Crippen LogP contribution < -0.4 is 15.5 Å². The molecule has 0 aliphatic carbocycles. The van der Waals surface area contributed by atoms with Gasteiger partial charge in [0.1, 0.15) is 17.3 Å². The number of halogens is 1. The maximum Gasteiger partial charge on any atom is 0.280 e. The van der Waals surface area contributed by atoms with Crippen molar-refractivity contribution in [2.75, 3.05) is 12.4 Å². The van der Waals surface area contributed by atoms with E-state index in [1.165, 1.54) is 30.0 Å². The molecule has 1 heterocycles. The topological polar surface area (TPSA) is 73.2 Å². The summed E-state index contributed by atoms with van der Waals surface area (Å²) in [6.07, 6.45) is 0. The number of methoxy groups -OCH3 is 1. The number of hydrogen-bond donors (Lipinski definition) is 1. The standard InChI is InChI=1S/C23H24FN3O3/c1-14-12-19(28)21(26-27(14)18-9-7-6-8-16(18)24)22(29)25-17-13-15(23(2,3)4)10-11-20(17)30-5/h6-13H,1-5H3,(H,25,29). The third-order valence-corrected chi connectivity index (χ3v) is 4.72. The summed E-state index contributed by atoms with van der Waals surface area (Å²) >= 11 is 0. The van der Waals surface area contributed by atoms with Crippen LogP contribution in [0.4, 0.5) is 10.1 Å². The van der Waals surface area contributed by atoms with Crippen molar-refractivity contribution in [2.24, 2.45) is 0 Å². The van der Waals surface area contributed by atoms with Gasteiger partial charge >= 0.3 is 0 Å². The number of nitrogens with one attached hydrogen (secondary N) is 1. The number of benzene rings is 2. The highest BCUT2D eigenvalue weighted by Gasteiger charge is 2.20. The summed E-state index contributed by atoms with van der Waals surface area (Å²) in [7, 11) is 1.50. The van der Waals surface area contributed by atoms with Crippen LogP contribution in [0, 0.1) is 12.7 Å². The first kappa shape index (κ1) is 21.2. The second-order valence-electron chi connectivity index (χ2n) is 7.98. The van der Waals surface area contributed by atoms with Crippen LogP contribution in [0.5, 0.6) is 5.75 Å². The van der Waals surface area contributed by atoms with Crippen LogP contribution in [0.2, 0.25) is 0 Å². The number of rotatable bonds is 4. The van der Waals surface area contributed by atoms with Crippen LogP contribution in [0.1, 0.15) is 42.5 Å². The smallest absolute Gasteiger partial charge is 0.280 e. The lowest BCUT2D eigenvalue weighted by Crippen LogP contribution is -2.27. The summed E-state index contributed by atoms with van der Waals surface area (Å²) in [6.45, 7) is 7.78. The molecule has 0 spiro atoms. The Balaban J connectivity index is 2.04. The normalized spacial score (nSPS) is 11.3. The Hall–Kier alpha value is -3.48. The van der Waals surface area contributed by atoms with Crippen molar-refractivity contribution in [3.63, 3.8) is 0 Å². The average molecular weight is 409 g/mol. The monoisotopic (exact) mass is 409 g/mol. The fraction of sp³-hybridized carbons (Fsp3) is 0.261. The largest absolute Gasteiger partial charge is 0.495 e. The zero-order valence-electron chi connectivity index (χ0n) is 17.6. The molecule has 0 unspecified atom stereocenters. The third-order valence-electron chi connectivity index (χ3n) is 4.72. The number of carbonyl (C=O) groups excluding carboxylic acids is 1. The highest BCUT2D eigenvalue weighted by atomic mass is 19.1. The van der Waals surface area contributed by atoms with Crippen molar-refractivity contribution in [2.45, 2.75) is 33.1 Å². The van der Waals surface area contributed by atoms with Crippen molar-refractivity contribution in [3.8, 4) is 11.4 Å². The fourth-order valence-electron chi connectivity index (χ4n) is 3.03. The van der Waals surface area contributed by atoms with E-state index < -0.39 is 17.2 Å². The predicted octanol–water partition coefficient (Wildman–Crippen LogP) is 4.24. The number of nitrogens with zero attached hydrogens (tertiary/aromatic N) is 2. The Bertz CT molecular complexity index is 1160. The van der Waals surface area contributed by atoms with Crippen LogP contribution in [0.25, 0.3) is 5.69 Å². The maximum atomic E-state index is 14.2. The molecule has 1 amide bonds. The minimum Gasteiger partial charge on any atom is -0.495 e. The lowest BCUT2D eigenvalue weighted by Gasteiger charge is -2.21. The first-order valence-corrected chi connectivity index (χ1v) is 9.47. The van der Waals surface area contributed by atoms with Crippen molar-refractivity contribution in [1.82, 2.24) is 9.78 Å². The summed E-state index contributed by atoms with van der Waals surface area (Å²) in [5.74, 6) is -0.755. The van der Waals surface area contributed by atoms with Crippen LogP contribution in [-0.4, -0.2) is 22.8 Å². The number of para-hydroxylation sites is 1. The molecule has 6 nitrogen and oxygen atoms in total. The molecule has 3 aromatic rings. The third kappa shape index (κ3) is 4.25. The van der Waals surface area contributed by atoms with E-state index in [9.17, 15) is 14.0 Å². The lowest BCUT2D eigenvalue weighted by molar-refractivity contribution is 0.101. The van der Waals surface area contributed by atoms with Gasteiger partial charge < -0.3 is 10.1 Å². The summed E-state index contributed by atoms with van der Waals surface area (Å²) < 4.78 is 20.8.